The molecule has 1 N–H and O–H groups in total. The number of nitrogens with one attached hydrogen (secondary N) is 1. The minimum absolute atomic E-state index is 0.00889. The van der Waals surface area contributed by atoms with Crippen molar-refractivity contribution < 1.29 is 13.2 Å². The van der Waals surface area contributed by atoms with Gasteiger partial charge in [0.15, 0.2) is 9.84 Å². The highest BCUT2D eigenvalue weighted by atomic mass is 79.9. The van der Waals surface area contributed by atoms with Crippen molar-refractivity contribution in [2.24, 2.45) is 0 Å². The molecule has 0 aliphatic heterocycles. The highest BCUT2D eigenvalue weighted by Crippen LogP contribution is 1.96. The summed E-state index contributed by atoms with van der Waals surface area (Å²) in [5.74, 6) is -0.0619. The van der Waals surface area contributed by atoms with Gasteiger partial charge in [-0.3, -0.25) is 4.79 Å². The van der Waals surface area contributed by atoms with E-state index in [1.165, 1.54) is 0 Å². The first kappa shape index (κ1) is 12.9. The third-order valence-electron chi connectivity index (χ3n) is 1.51. The first-order chi connectivity index (χ1) is 5.89. The number of sulfone groups is 1. The van der Waals surface area contributed by atoms with Gasteiger partial charge in [-0.2, -0.15) is 0 Å². The van der Waals surface area contributed by atoms with E-state index < -0.39 is 9.84 Å². The molecular weight excluding hydrogens is 258 g/mol. The molecule has 0 heterocycles. The van der Waals surface area contributed by atoms with Crippen molar-refractivity contribution in [2.75, 3.05) is 18.1 Å². The Morgan fingerprint density at radius 3 is 2.46 bits per heavy atom. The first-order valence-corrected chi connectivity index (χ1v) is 6.75. The fourth-order valence-electron chi connectivity index (χ4n) is 0.615. The minimum atomic E-state index is -2.97. The first-order valence-electron chi connectivity index (χ1n) is 4.01. The number of carbonyl (C=O) groups is 1. The van der Waals surface area contributed by atoms with Gasteiger partial charge in [0.05, 0.1) is 10.6 Å². The second-order valence-electron chi connectivity index (χ2n) is 2.64. The minimum Gasteiger partial charge on any atom is -0.354 e. The summed E-state index contributed by atoms with van der Waals surface area (Å²) in [5.41, 5.74) is 0. The van der Waals surface area contributed by atoms with Crippen LogP contribution in [-0.4, -0.2) is 37.2 Å². The molecule has 0 radical (unpaired) electrons. The molecule has 0 rings (SSSR count). The number of alkyl halides is 1. The van der Waals surface area contributed by atoms with Crippen LogP contribution < -0.4 is 5.32 Å². The SMILES string of the molecule is CCS(=O)(=O)CCNC(=O)C(C)Br. The lowest BCUT2D eigenvalue weighted by molar-refractivity contribution is -0.120. The molecule has 0 saturated carbocycles. The third kappa shape index (κ3) is 6.04. The van der Waals surface area contributed by atoms with Crippen LogP contribution in [0, 0.1) is 0 Å². The van der Waals surface area contributed by atoms with Gasteiger partial charge < -0.3 is 5.32 Å². The summed E-state index contributed by atoms with van der Waals surface area (Å²) in [4.78, 5) is 10.7. The molecule has 13 heavy (non-hydrogen) atoms. The highest BCUT2D eigenvalue weighted by molar-refractivity contribution is 9.10. The van der Waals surface area contributed by atoms with Gasteiger partial charge >= 0.3 is 0 Å². The smallest absolute Gasteiger partial charge is 0.233 e. The zero-order valence-corrected chi connectivity index (χ0v) is 10.1. The molecule has 0 aromatic heterocycles. The van der Waals surface area contributed by atoms with Gasteiger partial charge in [-0.25, -0.2) is 8.42 Å². The van der Waals surface area contributed by atoms with Crippen molar-refractivity contribution in [3.05, 3.63) is 0 Å². The van der Waals surface area contributed by atoms with Crippen LogP contribution >= 0.6 is 15.9 Å². The Hall–Kier alpha value is -0.100. The lowest BCUT2D eigenvalue weighted by atomic mass is 10.4. The molecule has 4 nitrogen and oxygen atoms in total. The molecule has 1 unspecified atom stereocenters. The van der Waals surface area contributed by atoms with Crippen LogP contribution in [0.1, 0.15) is 13.8 Å². The van der Waals surface area contributed by atoms with Gasteiger partial charge in [0.1, 0.15) is 0 Å². The molecule has 0 aliphatic rings. The Morgan fingerprint density at radius 2 is 2.08 bits per heavy atom. The quantitative estimate of drug-likeness (QED) is 0.733. The Kier molecular flexibility index (Phi) is 5.55. The molecule has 0 aromatic carbocycles. The van der Waals surface area contributed by atoms with Crippen molar-refractivity contribution in [1.82, 2.24) is 5.32 Å². The predicted molar refractivity (Wildman–Crippen MR) is 55.7 cm³/mol. The van der Waals surface area contributed by atoms with Crippen LogP contribution in [0.15, 0.2) is 0 Å². The lowest BCUT2D eigenvalue weighted by Gasteiger charge is -2.05. The molecule has 0 aliphatic carbocycles. The molecule has 78 valence electrons. The summed E-state index contributed by atoms with van der Waals surface area (Å²) >= 11 is 3.08. The molecule has 0 spiro atoms. The van der Waals surface area contributed by atoms with E-state index in [2.05, 4.69) is 21.2 Å². The Labute approximate surface area is 87.1 Å². The zero-order valence-electron chi connectivity index (χ0n) is 7.71. The monoisotopic (exact) mass is 271 g/mol. The van der Waals surface area contributed by atoms with E-state index >= 15 is 0 Å². The van der Waals surface area contributed by atoms with Crippen molar-refractivity contribution >= 4 is 31.7 Å². The second kappa shape index (κ2) is 5.59. The van der Waals surface area contributed by atoms with E-state index in [1.54, 1.807) is 13.8 Å². The number of rotatable bonds is 5. The van der Waals surface area contributed by atoms with E-state index in [0.29, 0.717) is 0 Å². The van der Waals surface area contributed by atoms with Crippen LogP contribution in [0.5, 0.6) is 0 Å². The molecule has 6 heteroatoms. The van der Waals surface area contributed by atoms with E-state index in [0.717, 1.165) is 0 Å². The van der Waals surface area contributed by atoms with Crippen LogP contribution in [0.4, 0.5) is 0 Å². The van der Waals surface area contributed by atoms with Crippen molar-refractivity contribution in [1.29, 1.82) is 0 Å². The standard InChI is InChI=1S/C7H14BrNO3S/c1-3-13(11,12)5-4-9-7(10)6(2)8/h6H,3-5H2,1-2H3,(H,9,10). The number of amides is 1. The maximum absolute atomic E-state index is 11.0. The summed E-state index contributed by atoms with van der Waals surface area (Å²) in [6.07, 6.45) is 0. The predicted octanol–water partition coefficient (Wildman–Crippen LogP) is 0.321. The molecule has 1 amide bonds. The van der Waals surface area contributed by atoms with Gasteiger partial charge in [0.2, 0.25) is 5.91 Å². The van der Waals surface area contributed by atoms with E-state index in [9.17, 15) is 13.2 Å². The molecule has 0 fully saturated rings. The number of hydrogen-bond donors (Lipinski definition) is 1. The van der Waals surface area contributed by atoms with Crippen LogP contribution in [0.3, 0.4) is 0 Å². The average molecular weight is 272 g/mol. The van der Waals surface area contributed by atoms with E-state index in [1.807, 2.05) is 0 Å². The van der Waals surface area contributed by atoms with Gasteiger partial charge in [-0.15, -0.1) is 0 Å². The van der Waals surface area contributed by atoms with E-state index in [-0.39, 0.29) is 28.8 Å². The van der Waals surface area contributed by atoms with Gasteiger partial charge in [0.25, 0.3) is 0 Å². The van der Waals surface area contributed by atoms with Crippen molar-refractivity contribution in [3.63, 3.8) is 0 Å². The second-order valence-corrected chi connectivity index (χ2v) is 6.49. The summed E-state index contributed by atoms with van der Waals surface area (Å²) in [6, 6.07) is 0. The molecule has 0 saturated heterocycles. The van der Waals surface area contributed by atoms with Gasteiger partial charge in [-0.1, -0.05) is 22.9 Å². The number of halogens is 1. The fourth-order valence-corrected chi connectivity index (χ4v) is 1.48. The Bertz CT molecular complexity index is 261. The zero-order chi connectivity index (χ0) is 10.5. The molecular formula is C7H14BrNO3S. The van der Waals surface area contributed by atoms with Crippen molar-refractivity contribution in [2.45, 2.75) is 18.7 Å². The number of hydrogen-bond acceptors (Lipinski definition) is 3. The van der Waals surface area contributed by atoms with Crippen LogP contribution in [0.2, 0.25) is 0 Å². The Balaban J connectivity index is 3.76. The fraction of sp³-hybridized carbons (Fsp3) is 0.857. The summed E-state index contributed by atoms with van der Waals surface area (Å²) in [5, 5.41) is 2.51. The topological polar surface area (TPSA) is 63.2 Å². The maximum Gasteiger partial charge on any atom is 0.233 e. The Morgan fingerprint density at radius 1 is 1.54 bits per heavy atom. The third-order valence-corrected chi connectivity index (χ3v) is 3.64. The number of carbonyl (C=O) groups excluding carboxylic acids is 1. The normalized spacial score (nSPS) is 13.8. The maximum atomic E-state index is 11.0. The largest absolute Gasteiger partial charge is 0.354 e. The molecule has 0 aromatic rings. The van der Waals surface area contributed by atoms with Crippen LogP contribution in [-0.2, 0) is 14.6 Å². The van der Waals surface area contributed by atoms with Gasteiger partial charge in [-0.05, 0) is 6.92 Å². The van der Waals surface area contributed by atoms with Crippen molar-refractivity contribution in [3.8, 4) is 0 Å². The molecule has 0 bridgehead atoms. The lowest BCUT2D eigenvalue weighted by Crippen LogP contribution is -2.33. The van der Waals surface area contributed by atoms with Crippen LogP contribution in [0.25, 0.3) is 0 Å². The average Bonchev–Trinajstić information content (AvgIpc) is 2.04. The molecule has 1 atom stereocenters. The summed E-state index contributed by atoms with van der Waals surface area (Å²) in [6.45, 7) is 3.46. The van der Waals surface area contributed by atoms with E-state index in [4.69, 9.17) is 0 Å². The summed E-state index contributed by atoms with van der Waals surface area (Å²) < 4.78 is 22.0. The highest BCUT2D eigenvalue weighted by Gasteiger charge is 2.10. The van der Waals surface area contributed by atoms with Gasteiger partial charge in [0, 0.05) is 12.3 Å². The summed E-state index contributed by atoms with van der Waals surface area (Å²) in [7, 11) is -2.97.